The lowest BCUT2D eigenvalue weighted by Gasteiger charge is -2.36. The normalized spacial score (nSPS) is 13.7. The highest BCUT2D eigenvalue weighted by atomic mass is 16.5. The van der Waals surface area contributed by atoms with Crippen LogP contribution >= 0.6 is 0 Å². The van der Waals surface area contributed by atoms with Gasteiger partial charge in [0.25, 0.3) is 5.91 Å². The Morgan fingerprint density at radius 1 is 0.879 bits per heavy atom. The van der Waals surface area contributed by atoms with Crippen molar-refractivity contribution in [2.24, 2.45) is 0 Å². The number of anilines is 1. The molecule has 0 bridgehead atoms. The fraction of sp³-hybridized carbons (Fsp3) is 0.346. The Bertz CT molecular complexity index is 1150. The van der Waals surface area contributed by atoms with E-state index in [0.29, 0.717) is 43.2 Å². The van der Waals surface area contributed by atoms with Crippen molar-refractivity contribution in [2.45, 2.75) is 20.8 Å². The molecule has 0 N–H and O–H groups in total. The van der Waals surface area contributed by atoms with Crippen LogP contribution in [0.15, 0.2) is 42.5 Å². The van der Waals surface area contributed by atoms with Crippen LogP contribution in [0.2, 0.25) is 0 Å². The van der Waals surface area contributed by atoms with Gasteiger partial charge in [-0.25, -0.2) is 9.97 Å². The number of aromatic nitrogens is 2. The molecule has 172 valence electrons. The van der Waals surface area contributed by atoms with Crippen molar-refractivity contribution in [1.29, 1.82) is 0 Å². The van der Waals surface area contributed by atoms with Crippen molar-refractivity contribution in [3.8, 4) is 22.9 Å². The van der Waals surface area contributed by atoms with Crippen LogP contribution in [0.25, 0.3) is 11.4 Å². The second-order valence-electron chi connectivity index (χ2n) is 8.33. The minimum Gasteiger partial charge on any atom is -0.497 e. The molecule has 0 spiro atoms. The van der Waals surface area contributed by atoms with Crippen molar-refractivity contribution in [2.75, 3.05) is 45.3 Å². The summed E-state index contributed by atoms with van der Waals surface area (Å²) in [5.74, 6) is 2.86. The number of ether oxygens (including phenoxy) is 2. The zero-order valence-electron chi connectivity index (χ0n) is 19.9. The Labute approximate surface area is 195 Å². The molecule has 4 rings (SSSR count). The van der Waals surface area contributed by atoms with Gasteiger partial charge >= 0.3 is 0 Å². The Hall–Kier alpha value is -3.61. The number of piperazine rings is 1. The highest BCUT2D eigenvalue weighted by molar-refractivity contribution is 5.95. The molecule has 1 fully saturated rings. The average Bonchev–Trinajstić information content (AvgIpc) is 2.85. The largest absolute Gasteiger partial charge is 0.497 e. The second-order valence-corrected chi connectivity index (χ2v) is 8.33. The lowest BCUT2D eigenvalue weighted by atomic mass is 10.1. The predicted molar refractivity (Wildman–Crippen MR) is 129 cm³/mol. The number of hydrogen-bond acceptors (Lipinski definition) is 6. The van der Waals surface area contributed by atoms with Gasteiger partial charge in [0.2, 0.25) is 0 Å². The first-order valence-corrected chi connectivity index (χ1v) is 11.1. The number of benzene rings is 2. The topological polar surface area (TPSA) is 67.8 Å². The summed E-state index contributed by atoms with van der Waals surface area (Å²) in [5.41, 5.74) is 4.80. The molecule has 1 amide bonds. The molecule has 0 saturated carbocycles. The molecule has 0 aliphatic carbocycles. The highest BCUT2D eigenvalue weighted by Gasteiger charge is 2.25. The van der Waals surface area contributed by atoms with Crippen LogP contribution < -0.4 is 14.4 Å². The van der Waals surface area contributed by atoms with Crippen LogP contribution in [0.5, 0.6) is 11.5 Å². The minimum atomic E-state index is -0.0251. The molecule has 2 aromatic carbocycles. The van der Waals surface area contributed by atoms with E-state index in [1.807, 2.05) is 24.0 Å². The van der Waals surface area contributed by atoms with E-state index in [1.54, 1.807) is 32.4 Å². The summed E-state index contributed by atoms with van der Waals surface area (Å²) in [6, 6.07) is 13.5. The number of nitrogens with zero attached hydrogens (tertiary/aromatic N) is 4. The Balaban J connectivity index is 1.53. The summed E-state index contributed by atoms with van der Waals surface area (Å²) in [4.78, 5) is 26.9. The third-order valence-electron chi connectivity index (χ3n) is 6.10. The Morgan fingerprint density at radius 3 is 2.15 bits per heavy atom. The van der Waals surface area contributed by atoms with Gasteiger partial charge in [0.15, 0.2) is 5.82 Å². The van der Waals surface area contributed by atoms with Gasteiger partial charge in [-0.05, 0) is 39.0 Å². The zero-order valence-corrected chi connectivity index (χ0v) is 19.9. The van der Waals surface area contributed by atoms with Crippen molar-refractivity contribution >= 4 is 11.7 Å². The maximum Gasteiger partial charge on any atom is 0.254 e. The maximum absolute atomic E-state index is 13.1. The van der Waals surface area contributed by atoms with Crippen molar-refractivity contribution in [3.63, 3.8) is 0 Å². The molecule has 1 saturated heterocycles. The first-order valence-electron chi connectivity index (χ1n) is 11.1. The van der Waals surface area contributed by atoms with Gasteiger partial charge in [-0.3, -0.25) is 4.79 Å². The third kappa shape index (κ3) is 4.77. The fourth-order valence-corrected chi connectivity index (χ4v) is 4.07. The summed E-state index contributed by atoms with van der Waals surface area (Å²) in [5, 5.41) is 0. The molecule has 7 nitrogen and oxygen atoms in total. The highest BCUT2D eigenvalue weighted by Crippen LogP contribution is 2.27. The van der Waals surface area contributed by atoms with Gasteiger partial charge in [0.05, 0.1) is 14.2 Å². The number of aryl methyl sites for hydroxylation is 2. The van der Waals surface area contributed by atoms with E-state index in [0.717, 1.165) is 28.5 Å². The van der Waals surface area contributed by atoms with Crippen LogP contribution in [0.4, 0.5) is 5.82 Å². The predicted octanol–water partition coefficient (Wildman–Crippen LogP) is 4.05. The molecule has 1 aliphatic rings. The molecule has 33 heavy (non-hydrogen) atoms. The molecule has 0 unspecified atom stereocenters. The summed E-state index contributed by atoms with van der Waals surface area (Å²) in [6.07, 6.45) is 0. The monoisotopic (exact) mass is 446 g/mol. The molecule has 2 heterocycles. The van der Waals surface area contributed by atoms with Gasteiger partial charge in [0, 0.05) is 54.6 Å². The lowest BCUT2D eigenvalue weighted by molar-refractivity contribution is 0.0745. The molecule has 0 atom stereocenters. The maximum atomic E-state index is 13.1. The number of carbonyl (C=O) groups excluding carboxylic acids is 1. The van der Waals surface area contributed by atoms with Crippen LogP contribution in [0, 0.1) is 20.8 Å². The van der Waals surface area contributed by atoms with Crippen LogP contribution in [-0.2, 0) is 0 Å². The van der Waals surface area contributed by atoms with Crippen molar-refractivity contribution in [1.82, 2.24) is 14.9 Å². The lowest BCUT2D eigenvalue weighted by Crippen LogP contribution is -2.49. The van der Waals surface area contributed by atoms with Gasteiger partial charge < -0.3 is 19.3 Å². The van der Waals surface area contributed by atoms with Gasteiger partial charge in [-0.2, -0.15) is 0 Å². The molecular formula is C26H30N4O3. The summed E-state index contributed by atoms with van der Waals surface area (Å²) in [6.45, 7) is 8.79. The van der Waals surface area contributed by atoms with Crippen molar-refractivity contribution < 1.29 is 14.3 Å². The first kappa shape index (κ1) is 22.6. The van der Waals surface area contributed by atoms with E-state index in [9.17, 15) is 4.79 Å². The first-order chi connectivity index (χ1) is 15.9. The zero-order chi connectivity index (χ0) is 23.5. The summed E-state index contributed by atoms with van der Waals surface area (Å²) < 4.78 is 10.6. The van der Waals surface area contributed by atoms with Crippen LogP contribution in [0.3, 0.4) is 0 Å². The second kappa shape index (κ2) is 9.48. The number of methoxy groups -OCH3 is 2. The van der Waals surface area contributed by atoms with Crippen LogP contribution in [-0.4, -0.2) is 61.2 Å². The molecule has 0 radical (unpaired) electrons. The van der Waals surface area contributed by atoms with E-state index in [4.69, 9.17) is 19.4 Å². The van der Waals surface area contributed by atoms with E-state index >= 15 is 0 Å². The fourth-order valence-electron chi connectivity index (χ4n) is 4.07. The van der Waals surface area contributed by atoms with E-state index in [1.165, 1.54) is 5.56 Å². The summed E-state index contributed by atoms with van der Waals surface area (Å²) >= 11 is 0. The number of hydrogen-bond donors (Lipinski definition) is 0. The Morgan fingerprint density at radius 2 is 1.55 bits per heavy atom. The summed E-state index contributed by atoms with van der Waals surface area (Å²) in [7, 11) is 3.16. The van der Waals surface area contributed by atoms with Crippen molar-refractivity contribution in [3.05, 3.63) is 64.8 Å². The number of carbonyl (C=O) groups is 1. The van der Waals surface area contributed by atoms with Crippen LogP contribution in [0.1, 0.15) is 27.2 Å². The average molecular weight is 447 g/mol. The molecule has 1 aromatic heterocycles. The van der Waals surface area contributed by atoms with E-state index in [-0.39, 0.29) is 5.91 Å². The van der Waals surface area contributed by atoms with Gasteiger partial charge in [-0.15, -0.1) is 0 Å². The minimum absolute atomic E-state index is 0.0251. The molecule has 1 aliphatic heterocycles. The number of amides is 1. The Kier molecular flexibility index (Phi) is 6.49. The SMILES string of the molecule is COc1cc(OC)cc(C(=O)N2CCN(c3nc(-c4cccc(C)c4)nc(C)c3C)CC2)c1. The number of rotatable bonds is 5. The standard InChI is InChI=1S/C26H30N4O3/c1-17-7-6-8-20(13-17)24-27-19(3)18(2)25(28-24)29-9-11-30(12-10-29)26(31)21-14-22(32-4)16-23(15-21)33-5/h6-8,13-16H,9-12H2,1-5H3. The van der Waals surface area contributed by atoms with E-state index in [2.05, 4.69) is 30.9 Å². The molecule has 3 aromatic rings. The molecule has 7 heteroatoms. The van der Waals surface area contributed by atoms with Gasteiger partial charge in [-0.1, -0.05) is 23.8 Å². The smallest absolute Gasteiger partial charge is 0.254 e. The van der Waals surface area contributed by atoms with Gasteiger partial charge in [0.1, 0.15) is 17.3 Å². The molecular weight excluding hydrogens is 416 g/mol. The quantitative estimate of drug-likeness (QED) is 0.589. The third-order valence-corrected chi connectivity index (χ3v) is 6.10. The van der Waals surface area contributed by atoms with E-state index < -0.39 is 0 Å².